The minimum Gasteiger partial charge on any atom is -0.488 e. The van der Waals surface area contributed by atoms with Crippen molar-refractivity contribution in [3.8, 4) is 17.1 Å². The first-order valence-corrected chi connectivity index (χ1v) is 9.84. The molecule has 0 bridgehead atoms. The molecule has 8 heteroatoms. The van der Waals surface area contributed by atoms with E-state index in [1.165, 1.54) is 0 Å². The second kappa shape index (κ2) is 9.19. The number of benzene rings is 3. The van der Waals surface area contributed by atoms with Crippen molar-refractivity contribution >= 4 is 24.4 Å². The van der Waals surface area contributed by atoms with Gasteiger partial charge in [-0.3, -0.25) is 0 Å². The Kier molecular flexibility index (Phi) is 6.00. The zero-order valence-corrected chi connectivity index (χ0v) is 17.1. The van der Waals surface area contributed by atoms with E-state index in [1.807, 2.05) is 54.6 Å². The first kappa shape index (κ1) is 20.2. The largest absolute Gasteiger partial charge is 0.488 e. The van der Waals surface area contributed by atoms with Gasteiger partial charge in [0.2, 0.25) is 4.77 Å². The second-order valence-electron chi connectivity index (χ2n) is 6.60. The molecule has 3 aromatic carbocycles. The average Bonchev–Trinajstić information content (AvgIpc) is 3.18. The maximum atomic E-state index is 11.0. The van der Waals surface area contributed by atoms with Gasteiger partial charge in [-0.1, -0.05) is 54.6 Å². The summed E-state index contributed by atoms with van der Waals surface area (Å²) in [5.41, 5.74) is 2.76. The van der Waals surface area contributed by atoms with E-state index in [4.69, 9.17) is 22.1 Å². The molecule has 0 aliphatic carbocycles. The number of H-pyrrole nitrogens is 1. The molecule has 0 atom stereocenters. The van der Waals surface area contributed by atoms with E-state index in [0.717, 1.165) is 16.7 Å². The van der Waals surface area contributed by atoms with Crippen LogP contribution in [0, 0.1) is 4.77 Å². The SMILES string of the molecule is O=C(O)c1ccc(COc2ccccc2/C=N/n2c(-c3ccccc3)n[nH]c2=S)cc1. The van der Waals surface area contributed by atoms with Crippen molar-refractivity contribution in [3.05, 3.63) is 100 Å². The third-order valence-electron chi connectivity index (χ3n) is 4.51. The lowest BCUT2D eigenvalue weighted by Gasteiger charge is -2.09. The van der Waals surface area contributed by atoms with Gasteiger partial charge < -0.3 is 9.84 Å². The molecule has 7 nitrogen and oxygen atoms in total. The van der Waals surface area contributed by atoms with Crippen molar-refractivity contribution in [2.24, 2.45) is 5.10 Å². The maximum Gasteiger partial charge on any atom is 0.335 e. The molecule has 31 heavy (non-hydrogen) atoms. The van der Waals surface area contributed by atoms with E-state index in [1.54, 1.807) is 35.2 Å². The Hall–Kier alpha value is -4.04. The highest BCUT2D eigenvalue weighted by Crippen LogP contribution is 2.20. The molecule has 0 amide bonds. The summed E-state index contributed by atoms with van der Waals surface area (Å²) in [7, 11) is 0. The number of carboxylic acids is 1. The molecular formula is C23H18N4O3S. The summed E-state index contributed by atoms with van der Waals surface area (Å²) in [5.74, 6) is 0.297. The van der Waals surface area contributed by atoms with Crippen LogP contribution >= 0.6 is 12.2 Å². The molecule has 1 aromatic heterocycles. The molecule has 0 spiro atoms. The molecular weight excluding hydrogens is 412 g/mol. The summed E-state index contributed by atoms with van der Waals surface area (Å²) < 4.78 is 7.88. The third kappa shape index (κ3) is 4.76. The van der Waals surface area contributed by atoms with E-state index in [9.17, 15) is 4.79 Å². The number of aromatic nitrogens is 3. The normalized spacial score (nSPS) is 11.0. The van der Waals surface area contributed by atoms with Crippen molar-refractivity contribution in [1.29, 1.82) is 0 Å². The zero-order chi connectivity index (χ0) is 21.6. The minimum atomic E-state index is -0.957. The van der Waals surface area contributed by atoms with Gasteiger partial charge in [-0.05, 0) is 42.0 Å². The number of carbonyl (C=O) groups is 1. The highest BCUT2D eigenvalue weighted by atomic mass is 32.1. The lowest BCUT2D eigenvalue weighted by atomic mass is 10.1. The Morgan fingerprint density at radius 3 is 2.52 bits per heavy atom. The fourth-order valence-corrected chi connectivity index (χ4v) is 3.10. The number of nitrogens with one attached hydrogen (secondary N) is 1. The lowest BCUT2D eigenvalue weighted by Crippen LogP contribution is -2.01. The second-order valence-corrected chi connectivity index (χ2v) is 6.99. The predicted octanol–water partition coefficient (Wildman–Crippen LogP) is 4.77. The van der Waals surface area contributed by atoms with Crippen LogP contribution in [-0.4, -0.2) is 32.2 Å². The van der Waals surface area contributed by atoms with Crippen molar-refractivity contribution in [2.75, 3.05) is 0 Å². The van der Waals surface area contributed by atoms with Crippen molar-refractivity contribution in [1.82, 2.24) is 14.9 Å². The van der Waals surface area contributed by atoms with Crippen LogP contribution in [0.15, 0.2) is 84.0 Å². The van der Waals surface area contributed by atoms with Crippen LogP contribution in [-0.2, 0) is 6.61 Å². The van der Waals surface area contributed by atoms with Gasteiger partial charge in [0.1, 0.15) is 12.4 Å². The number of nitrogens with zero attached hydrogens (tertiary/aromatic N) is 3. The molecule has 0 aliphatic rings. The van der Waals surface area contributed by atoms with Crippen LogP contribution in [0.2, 0.25) is 0 Å². The molecule has 4 rings (SSSR count). The fraction of sp³-hybridized carbons (Fsp3) is 0.0435. The van der Waals surface area contributed by atoms with Gasteiger partial charge in [-0.15, -0.1) is 0 Å². The molecule has 0 saturated heterocycles. The van der Waals surface area contributed by atoms with Crippen LogP contribution in [0.3, 0.4) is 0 Å². The van der Waals surface area contributed by atoms with E-state index in [0.29, 0.717) is 23.0 Å². The number of rotatable bonds is 7. The average molecular weight is 430 g/mol. The van der Waals surface area contributed by atoms with Crippen molar-refractivity contribution in [3.63, 3.8) is 0 Å². The zero-order valence-electron chi connectivity index (χ0n) is 16.3. The van der Waals surface area contributed by atoms with Crippen molar-refractivity contribution in [2.45, 2.75) is 6.61 Å². The molecule has 154 valence electrons. The summed E-state index contributed by atoms with van der Waals surface area (Å²) >= 11 is 5.32. The number of aromatic amines is 1. The standard InChI is InChI=1S/C23H18N4O3S/c28-22(29)18-12-10-16(11-13-18)15-30-20-9-5-4-8-19(20)14-24-27-21(25-26-23(27)31)17-6-2-1-3-7-17/h1-14H,15H2,(H,26,31)(H,28,29)/b24-14+. The number of hydrogen-bond acceptors (Lipinski definition) is 5. The number of carboxylic acid groups (broad SMARTS) is 1. The molecule has 2 N–H and O–H groups in total. The van der Waals surface area contributed by atoms with Crippen LogP contribution in [0.4, 0.5) is 0 Å². The Morgan fingerprint density at radius 2 is 1.77 bits per heavy atom. The lowest BCUT2D eigenvalue weighted by molar-refractivity contribution is 0.0697. The van der Waals surface area contributed by atoms with E-state index in [2.05, 4.69) is 15.3 Å². The topological polar surface area (TPSA) is 92.5 Å². The smallest absolute Gasteiger partial charge is 0.335 e. The molecule has 1 heterocycles. The molecule has 0 aliphatic heterocycles. The summed E-state index contributed by atoms with van der Waals surface area (Å²) in [6.07, 6.45) is 1.67. The van der Waals surface area contributed by atoms with Crippen LogP contribution in [0.25, 0.3) is 11.4 Å². The van der Waals surface area contributed by atoms with Crippen LogP contribution < -0.4 is 4.74 Å². The number of hydrogen-bond donors (Lipinski definition) is 2. The van der Waals surface area contributed by atoms with E-state index >= 15 is 0 Å². The summed E-state index contributed by atoms with van der Waals surface area (Å²) in [6.45, 7) is 0.297. The van der Waals surface area contributed by atoms with Crippen LogP contribution in [0.1, 0.15) is 21.5 Å². The Labute approximate surface area is 183 Å². The Balaban J connectivity index is 1.55. The highest BCUT2D eigenvalue weighted by Gasteiger charge is 2.08. The maximum absolute atomic E-state index is 11.0. The summed E-state index contributed by atoms with van der Waals surface area (Å²) in [6, 6.07) is 23.7. The molecule has 0 unspecified atom stereocenters. The number of aromatic carboxylic acids is 1. The molecule has 0 saturated carbocycles. The third-order valence-corrected chi connectivity index (χ3v) is 4.77. The fourth-order valence-electron chi connectivity index (χ4n) is 2.92. The monoisotopic (exact) mass is 430 g/mol. The van der Waals surface area contributed by atoms with E-state index < -0.39 is 5.97 Å². The molecule has 4 aromatic rings. The Bertz CT molecular complexity index is 1280. The van der Waals surface area contributed by atoms with E-state index in [-0.39, 0.29) is 5.56 Å². The van der Waals surface area contributed by atoms with Gasteiger partial charge in [-0.25, -0.2) is 9.89 Å². The quantitative estimate of drug-likeness (QED) is 0.326. The first-order chi connectivity index (χ1) is 15.1. The number of ether oxygens (including phenoxy) is 1. The predicted molar refractivity (Wildman–Crippen MR) is 120 cm³/mol. The van der Waals surface area contributed by atoms with Gasteiger partial charge in [0.25, 0.3) is 0 Å². The Morgan fingerprint density at radius 1 is 1.06 bits per heavy atom. The minimum absolute atomic E-state index is 0.238. The highest BCUT2D eigenvalue weighted by molar-refractivity contribution is 7.71. The van der Waals surface area contributed by atoms with Gasteiger partial charge >= 0.3 is 5.97 Å². The molecule has 0 radical (unpaired) electrons. The van der Waals surface area contributed by atoms with Crippen molar-refractivity contribution < 1.29 is 14.6 Å². The summed E-state index contributed by atoms with van der Waals surface area (Å²) in [5, 5.41) is 20.6. The van der Waals surface area contributed by atoms with Gasteiger partial charge in [-0.2, -0.15) is 14.9 Å². The van der Waals surface area contributed by atoms with Crippen LogP contribution in [0.5, 0.6) is 5.75 Å². The van der Waals surface area contributed by atoms with Gasteiger partial charge in [0.05, 0.1) is 11.8 Å². The molecule has 0 fully saturated rings. The van der Waals surface area contributed by atoms with Gasteiger partial charge in [0, 0.05) is 11.1 Å². The van der Waals surface area contributed by atoms with Gasteiger partial charge in [0.15, 0.2) is 5.82 Å². The number of para-hydroxylation sites is 1. The summed E-state index contributed by atoms with van der Waals surface area (Å²) in [4.78, 5) is 11.0. The first-order valence-electron chi connectivity index (χ1n) is 9.43.